The minimum Gasteiger partial charge on any atom is -0.488 e. The molecule has 1 N–H and O–H groups in total. The molecule has 3 aromatic rings. The van der Waals surface area contributed by atoms with Crippen LogP contribution in [-0.4, -0.2) is 28.1 Å². The summed E-state index contributed by atoms with van der Waals surface area (Å²) in [5, 5.41) is 7.68. The van der Waals surface area contributed by atoms with Crippen LogP contribution in [0.3, 0.4) is 0 Å². The van der Waals surface area contributed by atoms with Crippen molar-refractivity contribution in [3.63, 3.8) is 0 Å². The molecule has 3 heterocycles. The van der Waals surface area contributed by atoms with Crippen LogP contribution in [0.5, 0.6) is 5.75 Å². The van der Waals surface area contributed by atoms with Gasteiger partial charge in [0, 0.05) is 29.4 Å². The van der Waals surface area contributed by atoms with Gasteiger partial charge in [-0.1, -0.05) is 23.7 Å². The number of rotatable bonds is 2. The van der Waals surface area contributed by atoms with E-state index in [1.807, 2.05) is 24.3 Å². The van der Waals surface area contributed by atoms with Gasteiger partial charge in [-0.3, -0.25) is 14.8 Å². The van der Waals surface area contributed by atoms with E-state index in [9.17, 15) is 4.79 Å². The molecule has 0 radical (unpaired) electrons. The van der Waals surface area contributed by atoms with E-state index in [2.05, 4.69) is 15.2 Å². The number of hydrogen-bond donors (Lipinski definition) is 1. The molecule has 1 aromatic carbocycles. The summed E-state index contributed by atoms with van der Waals surface area (Å²) < 4.78 is 5.74. The zero-order chi connectivity index (χ0) is 16.7. The van der Waals surface area contributed by atoms with Gasteiger partial charge in [-0.25, -0.2) is 4.98 Å². The number of carbonyl (C=O) groups is 1. The fourth-order valence-corrected chi connectivity index (χ4v) is 2.85. The maximum Gasteiger partial charge on any atom is 0.280 e. The summed E-state index contributed by atoms with van der Waals surface area (Å²) in [5.41, 5.74) is 2.78. The van der Waals surface area contributed by atoms with Gasteiger partial charge in [-0.05, 0) is 24.3 Å². The predicted octanol–water partition coefficient (Wildman–Crippen LogP) is 3.29. The van der Waals surface area contributed by atoms with E-state index in [0.29, 0.717) is 23.1 Å². The van der Waals surface area contributed by atoms with Gasteiger partial charge in [0.15, 0.2) is 5.69 Å². The quantitative estimate of drug-likeness (QED) is 0.777. The molecule has 4 rings (SSSR count). The number of H-pyrrole nitrogens is 1. The molecule has 0 spiro atoms. The number of para-hydroxylation sites is 1. The molecule has 0 aliphatic carbocycles. The van der Waals surface area contributed by atoms with Crippen molar-refractivity contribution in [3.8, 4) is 17.0 Å². The zero-order valence-corrected chi connectivity index (χ0v) is 13.5. The molecule has 1 amide bonds. The van der Waals surface area contributed by atoms with Crippen LogP contribution in [0.4, 0.5) is 5.82 Å². The molecule has 120 valence electrons. The second-order valence-electron chi connectivity index (χ2n) is 5.41. The molecular weight excluding hydrogens is 328 g/mol. The van der Waals surface area contributed by atoms with Crippen molar-refractivity contribution in [2.75, 3.05) is 11.9 Å². The van der Waals surface area contributed by atoms with E-state index in [1.54, 1.807) is 25.4 Å². The molecule has 1 aliphatic rings. The highest BCUT2D eigenvalue weighted by Gasteiger charge is 2.28. The van der Waals surface area contributed by atoms with Gasteiger partial charge >= 0.3 is 0 Å². The first kappa shape index (κ1) is 14.7. The number of ether oxygens (including phenoxy) is 1. The number of benzene rings is 1. The Morgan fingerprint density at radius 2 is 2.17 bits per heavy atom. The number of fused-ring (bicyclic) bond motifs is 3. The number of hydrogen-bond acceptors (Lipinski definition) is 4. The highest BCUT2D eigenvalue weighted by Crippen LogP contribution is 2.37. The van der Waals surface area contributed by atoms with E-state index in [4.69, 9.17) is 16.3 Å². The van der Waals surface area contributed by atoms with Crippen molar-refractivity contribution in [2.45, 2.75) is 6.61 Å². The van der Waals surface area contributed by atoms with Gasteiger partial charge in [0.25, 0.3) is 5.91 Å². The fraction of sp³-hybridized carbons (Fsp3) is 0.118. The van der Waals surface area contributed by atoms with Crippen LogP contribution in [0, 0.1) is 0 Å². The van der Waals surface area contributed by atoms with Crippen LogP contribution >= 0.6 is 11.6 Å². The largest absolute Gasteiger partial charge is 0.488 e. The highest BCUT2D eigenvalue weighted by molar-refractivity contribution is 6.30. The number of nitrogens with zero attached hydrogens (tertiary/aromatic N) is 3. The lowest BCUT2D eigenvalue weighted by molar-refractivity contribution is 0.0985. The smallest absolute Gasteiger partial charge is 0.280 e. The monoisotopic (exact) mass is 340 g/mol. The third kappa shape index (κ3) is 2.32. The molecule has 0 unspecified atom stereocenters. The van der Waals surface area contributed by atoms with Crippen LogP contribution < -0.4 is 9.64 Å². The molecule has 1 aliphatic heterocycles. The molecule has 0 saturated heterocycles. The summed E-state index contributed by atoms with van der Waals surface area (Å²) in [5.74, 6) is 0.962. The molecule has 0 fully saturated rings. The lowest BCUT2D eigenvalue weighted by Gasteiger charge is -2.19. The molecule has 7 heteroatoms. The van der Waals surface area contributed by atoms with Crippen molar-refractivity contribution in [3.05, 3.63) is 58.9 Å². The number of aromatic nitrogens is 3. The van der Waals surface area contributed by atoms with Gasteiger partial charge in [0.2, 0.25) is 0 Å². The van der Waals surface area contributed by atoms with Crippen molar-refractivity contribution in [1.82, 2.24) is 15.2 Å². The topological polar surface area (TPSA) is 71.1 Å². The van der Waals surface area contributed by atoms with Crippen molar-refractivity contribution < 1.29 is 9.53 Å². The third-order valence-electron chi connectivity index (χ3n) is 3.95. The SMILES string of the molecule is CN(C(=O)c1n[nH]c2c1COc1ccccc1-2)c1cc(Cl)ccn1. The number of carbonyl (C=O) groups excluding carboxylic acids is 1. The van der Waals surface area contributed by atoms with Gasteiger partial charge in [0.05, 0.1) is 5.69 Å². The summed E-state index contributed by atoms with van der Waals surface area (Å²) in [4.78, 5) is 18.4. The Balaban J connectivity index is 1.72. The van der Waals surface area contributed by atoms with E-state index in [1.165, 1.54) is 4.90 Å². The van der Waals surface area contributed by atoms with Crippen LogP contribution in [-0.2, 0) is 6.61 Å². The summed E-state index contributed by atoms with van der Waals surface area (Å²) >= 11 is 5.97. The van der Waals surface area contributed by atoms with E-state index in [-0.39, 0.29) is 5.91 Å². The normalized spacial score (nSPS) is 12.1. The maximum absolute atomic E-state index is 12.8. The van der Waals surface area contributed by atoms with E-state index >= 15 is 0 Å². The molecule has 6 nitrogen and oxygen atoms in total. The van der Waals surface area contributed by atoms with Crippen molar-refractivity contribution in [1.29, 1.82) is 0 Å². The number of nitrogens with one attached hydrogen (secondary N) is 1. The Kier molecular flexibility index (Phi) is 3.46. The summed E-state index contributed by atoms with van der Waals surface area (Å²) in [6, 6.07) is 10.9. The number of pyridine rings is 1. The van der Waals surface area contributed by atoms with Crippen LogP contribution in [0.25, 0.3) is 11.3 Å². The standard InChI is InChI=1S/C17H13ClN4O2/c1-22(14-8-10(18)6-7-19-14)17(23)16-12-9-24-13-5-3-2-4-11(13)15(12)20-21-16/h2-8H,9H2,1H3,(H,20,21). The van der Waals surface area contributed by atoms with Gasteiger partial charge < -0.3 is 4.74 Å². The number of amides is 1. The van der Waals surface area contributed by atoms with E-state index < -0.39 is 0 Å². The third-order valence-corrected chi connectivity index (χ3v) is 4.19. The molecule has 24 heavy (non-hydrogen) atoms. The first-order valence-corrected chi connectivity index (χ1v) is 7.72. The van der Waals surface area contributed by atoms with Gasteiger partial charge in [-0.15, -0.1) is 0 Å². The van der Waals surface area contributed by atoms with Crippen molar-refractivity contribution in [2.24, 2.45) is 0 Å². The minimum atomic E-state index is -0.273. The summed E-state index contributed by atoms with van der Waals surface area (Å²) in [6.45, 7) is 0.292. The zero-order valence-electron chi connectivity index (χ0n) is 12.8. The Hall–Kier alpha value is -2.86. The van der Waals surface area contributed by atoms with Crippen LogP contribution in [0.2, 0.25) is 5.02 Å². The summed E-state index contributed by atoms with van der Waals surface area (Å²) in [7, 11) is 1.64. The highest BCUT2D eigenvalue weighted by atomic mass is 35.5. The number of aromatic amines is 1. The minimum absolute atomic E-state index is 0.273. The molecule has 0 atom stereocenters. The Morgan fingerprint density at radius 3 is 3.00 bits per heavy atom. The van der Waals surface area contributed by atoms with Crippen LogP contribution in [0.1, 0.15) is 16.1 Å². The Labute approximate surface area is 143 Å². The van der Waals surface area contributed by atoms with Crippen molar-refractivity contribution >= 4 is 23.3 Å². The predicted molar refractivity (Wildman–Crippen MR) is 90.3 cm³/mol. The molecule has 0 bridgehead atoms. The summed E-state index contributed by atoms with van der Waals surface area (Å²) in [6.07, 6.45) is 1.56. The molecule has 2 aromatic heterocycles. The maximum atomic E-state index is 12.8. The van der Waals surface area contributed by atoms with Gasteiger partial charge in [0.1, 0.15) is 18.2 Å². The molecular formula is C17H13ClN4O2. The first-order valence-electron chi connectivity index (χ1n) is 7.34. The Bertz CT molecular complexity index is 938. The molecule has 0 saturated carbocycles. The Morgan fingerprint density at radius 1 is 1.33 bits per heavy atom. The average Bonchev–Trinajstić information content (AvgIpc) is 3.05. The second-order valence-corrected chi connectivity index (χ2v) is 5.84. The first-order chi connectivity index (χ1) is 11.6. The fourth-order valence-electron chi connectivity index (χ4n) is 2.69. The lowest BCUT2D eigenvalue weighted by atomic mass is 10.0. The van der Waals surface area contributed by atoms with Crippen LogP contribution in [0.15, 0.2) is 42.6 Å². The number of halogens is 1. The second kappa shape index (κ2) is 5.65. The lowest BCUT2D eigenvalue weighted by Crippen LogP contribution is -2.28. The number of anilines is 1. The van der Waals surface area contributed by atoms with Gasteiger partial charge in [-0.2, -0.15) is 5.10 Å². The average molecular weight is 341 g/mol. The van der Waals surface area contributed by atoms with E-state index in [0.717, 1.165) is 22.6 Å².